The molecule has 3 atom stereocenters. The molecule has 26 heavy (non-hydrogen) atoms. The Bertz CT molecular complexity index is 819. The smallest absolute Gasteiger partial charge is 0.317 e. The van der Waals surface area contributed by atoms with Gasteiger partial charge >= 0.3 is 5.97 Å². The van der Waals surface area contributed by atoms with Crippen LogP contribution in [0.15, 0.2) is 48.5 Å². The maximum absolute atomic E-state index is 13.1. The lowest BCUT2D eigenvalue weighted by Gasteiger charge is -2.42. The minimum atomic E-state index is -0.771. The predicted molar refractivity (Wildman–Crippen MR) is 97.5 cm³/mol. The molecule has 4 rings (SSSR count). The van der Waals surface area contributed by atoms with Crippen molar-refractivity contribution in [2.75, 3.05) is 34.4 Å². The summed E-state index contributed by atoms with van der Waals surface area (Å²) in [6.07, 6.45) is 0. The summed E-state index contributed by atoms with van der Waals surface area (Å²) in [5.74, 6) is 1.40. The first-order valence-electron chi connectivity index (χ1n) is 8.76. The highest BCUT2D eigenvalue weighted by Gasteiger charge is 2.62. The van der Waals surface area contributed by atoms with Crippen LogP contribution in [0.5, 0.6) is 11.5 Å². The van der Waals surface area contributed by atoms with Gasteiger partial charge in [0.2, 0.25) is 0 Å². The lowest BCUT2D eigenvalue weighted by molar-refractivity contribution is -0.159. The second kappa shape index (κ2) is 6.32. The van der Waals surface area contributed by atoms with E-state index in [4.69, 9.17) is 14.2 Å². The fourth-order valence-corrected chi connectivity index (χ4v) is 4.61. The van der Waals surface area contributed by atoms with Crippen LogP contribution in [0.4, 0.5) is 0 Å². The summed E-state index contributed by atoms with van der Waals surface area (Å²) >= 11 is 0. The van der Waals surface area contributed by atoms with Crippen molar-refractivity contribution in [2.45, 2.75) is 12.0 Å². The Morgan fingerprint density at radius 1 is 1.15 bits per heavy atom. The molecule has 0 bridgehead atoms. The van der Waals surface area contributed by atoms with Crippen LogP contribution in [-0.2, 0) is 9.53 Å². The fourth-order valence-electron chi connectivity index (χ4n) is 4.61. The topological polar surface area (TPSA) is 48.0 Å². The van der Waals surface area contributed by atoms with E-state index in [9.17, 15) is 4.79 Å². The fraction of sp³-hybridized carbons (Fsp3) is 0.381. The molecule has 1 fully saturated rings. The number of methoxy groups -OCH3 is 2. The molecule has 0 aromatic heterocycles. The second-order valence-electron chi connectivity index (χ2n) is 7.03. The van der Waals surface area contributed by atoms with Gasteiger partial charge in [-0.1, -0.05) is 30.3 Å². The first-order chi connectivity index (χ1) is 12.6. The Kier molecular flexibility index (Phi) is 4.11. The van der Waals surface area contributed by atoms with Gasteiger partial charge in [-0.25, -0.2) is 0 Å². The van der Waals surface area contributed by atoms with Crippen LogP contribution in [0.3, 0.4) is 0 Å². The van der Waals surface area contributed by atoms with E-state index in [-0.39, 0.29) is 17.9 Å². The van der Waals surface area contributed by atoms with E-state index in [1.165, 1.54) is 7.11 Å². The van der Waals surface area contributed by atoms with Gasteiger partial charge < -0.3 is 14.2 Å². The third-order valence-corrected chi connectivity index (χ3v) is 5.78. The second-order valence-corrected chi connectivity index (χ2v) is 7.03. The molecule has 0 spiro atoms. The minimum absolute atomic E-state index is 0.0239. The third kappa shape index (κ3) is 2.31. The van der Waals surface area contributed by atoms with Gasteiger partial charge in [0.1, 0.15) is 23.5 Å². The molecule has 2 heterocycles. The van der Waals surface area contributed by atoms with E-state index in [1.54, 1.807) is 7.11 Å². The number of esters is 1. The summed E-state index contributed by atoms with van der Waals surface area (Å²) < 4.78 is 16.6. The number of likely N-dealkylation sites (N-methyl/N-ethyl adjacent to an activating group) is 1. The molecule has 0 amide bonds. The van der Waals surface area contributed by atoms with Crippen LogP contribution in [0.1, 0.15) is 23.1 Å². The molecule has 5 heteroatoms. The van der Waals surface area contributed by atoms with Crippen LogP contribution in [-0.4, -0.2) is 45.3 Å². The maximum atomic E-state index is 13.1. The van der Waals surface area contributed by atoms with Crippen molar-refractivity contribution in [1.82, 2.24) is 4.90 Å². The van der Waals surface area contributed by atoms with Crippen LogP contribution < -0.4 is 9.47 Å². The zero-order valence-electron chi connectivity index (χ0n) is 15.3. The number of carbonyl (C=O) groups excluding carboxylic acids is 1. The largest absolute Gasteiger partial charge is 0.497 e. The van der Waals surface area contributed by atoms with Gasteiger partial charge in [-0.3, -0.25) is 9.69 Å². The number of likely N-dealkylation sites (tertiary alicyclic amines) is 1. The molecule has 0 aliphatic carbocycles. The van der Waals surface area contributed by atoms with Crippen molar-refractivity contribution in [3.63, 3.8) is 0 Å². The van der Waals surface area contributed by atoms with Crippen LogP contribution in [0.2, 0.25) is 0 Å². The zero-order chi connectivity index (χ0) is 18.3. The number of carbonyl (C=O) groups is 1. The number of fused-ring (bicyclic) bond motifs is 3. The Morgan fingerprint density at radius 3 is 2.58 bits per heavy atom. The summed E-state index contributed by atoms with van der Waals surface area (Å²) in [5, 5.41) is 0. The Labute approximate surface area is 153 Å². The lowest BCUT2D eigenvalue weighted by Crippen LogP contribution is -2.48. The number of hydrogen-bond acceptors (Lipinski definition) is 5. The van der Waals surface area contributed by atoms with Gasteiger partial charge in [0, 0.05) is 18.0 Å². The first kappa shape index (κ1) is 16.9. The normalized spacial score (nSPS) is 27.2. The lowest BCUT2D eigenvalue weighted by atomic mass is 9.68. The monoisotopic (exact) mass is 353 g/mol. The molecule has 2 aliphatic rings. The number of rotatable bonds is 3. The highest BCUT2D eigenvalue weighted by atomic mass is 16.5. The van der Waals surface area contributed by atoms with Crippen molar-refractivity contribution in [3.05, 3.63) is 59.7 Å². The molecular weight excluding hydrogens is 330 g/mol. The molecule has 136 valence electrons. The molecule has 2 aromatic carbocycles. The Morgan fingerprint density at radius 2 is 1.88 bits per heavy atom. The predicted octanol–water partition coefficient (Wildman–Crippen LogP) is 3.02. The molecule has 0 saturated carbocycles. The summed E-state index contributed by atoms with van der Waals surface area (Å²) in [6.45, 7) is 1.06. The maximum Gasteiger partial charge on any atom is 0.317 e. The van der Waals surface area contributed by atoms with Crippen molar-refractivity contribution < 1.29 is 19.0 Å². The van der Waals surface area contributed by atoms with E-state index < -0.39 is 5.41 Å². The molecule has 1 saturated heterocycles. The molecule has 0 N–H and O–H groups in total. The van der Waals surface area contributed by atoms with Gasteiger partial charge in [0.05, 0.1) is 20.3 Å². The average Bonchev–Trinajstić information content (AvgIpc) is 3.01. The van der Waals surface area contributed by atoms with Crippen LogP contribution in [0, 0.1) is 5.41 Å². The quantitative estimate of drug-likeness (QED) is 0.794. The van der Waals surface area contributed by atoms with Crippen LogP contribution >= 0.6 is 0 Å². The number of benzene rings is 2. The van der Waals surface area contributed by atoms with Crippen LogP contribution in [0.25, 0.3) is 0 Å². The number of hydrogen-bond donors (Lipinski definition) is 0. The summed E-state index contributed by atoms with van der Waals surface area (Å²) in [5.41, 5.74) is 1.36. The minimum Gasteiger partial charge on any atom is -0.497 e. The van der Waals surface area contributed by atoms with Gasteiger partial charge in [-0.05, 0) is 30.8 Å². The summed E-state index contributed by atoms with van der Waals surface area (Å²) in [6, 6.07) is 15.8. The standard InChI is InChI=1S/C21H23NO4/c1-22-12-17(14-8-10-15(24-2)11-9-14)21(20(23)25-3)13-26-18-7-5-4-6-16(18)19(21)22/h4-11,17,19H,12-13H2,1-3H3/t17-,19+,21-/m0/s1. The van der Waals surface area contributed by atoms with E-state index >= 15 is 0 Å². The Hall–Kier alpha value is -2.53. The number of ether oxygens (including phenoxy) is 3. The molecule has 0 radical (unpaired) electrons. The van der Waals surface area contributed by atoms with E-state index in [0.717, 1.165) is 29.2 Å². The average molecular weight is 353 g/mol. The molecule has 0 unspecified atom stereocenters. The Balaban J connectivity index is 1.85. The zero-order valence-corrected chi connectivity index (χ0v) is 15.3. The van der Waals surface area contributed by atoms with Crippen molar-refractivity contribution >= 4 is 5.97 Å². The SMILES string of the molecule is COC(=O)[C@]12COc3ccccc3[C@H]1N(C)C[C@H]2c1ccc(OC)cc1. The highest BCUT2D eigenvalue weighted by molar-refractivity contribution is 5.81. The molecule has 2 aliphatic heterocycles. The van der Waals surface area contributed by atoms with Gasteiger partial charge in [0.25, 0.3) is 0 Å². The van der Waals surface area contributed by atoms with Crippen molar-refractivity contribution in [3.8, 4) is 11.5 Å². The highest BCUT2D eigenvalue weighted by Crippen LogP contribution is 2.58. The van der Waals surface area contributed by atoms with Gasteiger partial charge in [-0.2, -0.15) is 0 Å². The summed E-state index contributed by atoms with van der Waals surface area (Å²) in [7, 11) is 5.17. The first-order valence-corrected chi connectivity index (χ1v) is 8.76. The van der Waals surface area contributed by atoms with Gasteiger partial charge in [0.15, 0.2) is 0 Å². The molecular formula is C21H23NO4. The summed E-state index contributed by atoms with van der Waals surface area (Å²) in [4.78, 5) is 15.3. The van der Waals surface area contributed by atoms with E-state index in [1.807, 2.05) is 48.5 Å². The van der Waals surface area contributed by atoms with Gasteiger partial charge in [-0.15, -0.1) is 0 Å². The molecule has 2 aromatic rings. The van der Waals surface area contributed by atoms with E-state index in [0.29, 0.717) is 6.61 Å². The molecule has 5 nitrogen and oxygen atoms in total. The van der Waals surface area contributed by atoms with Crippen molar-refractivity contribution in [1.29, 1.82) is 0 Å². The van der Waals surface area contributed by atoms with E-state index in [2.05, 4.69) is 11.9 Å². The number of para-hydroxylation sites is 1. The number of nitrogens with zero attached hydrogens (tertiary/aromatic N) is 1. The van der Waals surface area contributed by atoms with Crippen molar-refractivity contribution in [2.24, 2.45) is 5.41 Å². The third-order valence-electron chi connectivity index (χ3n) is 5.78.